The summed E-state index contributed by atoms with van der Waals surface area (Å²) in [6.07, 6.45) is 1.22. The molecule has 2 aromatic carbocycles. The van der Waals surface area contributed by atoms with Crippen LogP contribution in [0.4, 0.5) is 0 Å². The Morgan fingerprint density at radius 1 is 0.963 bits per heavy atom. The van der Waals surface area contributed by atoms with Crippen LogP contribution in [0, 0.1) is 5.92 Å². The van der Waals surface area contributed by atoms with Gasteiger partial charge in [0, 0.05) is 6.42 Å². The molecule has 0 spiro atoms. The van der Waals surface area contributed by atoms with Gasteiger partial charge < -0.3 is 14.8 Å². The Balaban J connectivity index is 2.09. The fourth-order valence-corrected chi connectivity index (χ4v) is 3.04. The summed E-state index contributed by atoms with van der Waals surface area (Å²) in [5.74, 6) is 1.78. The number of aryl methyl sites for hydroxylation is 1. The number of nitrogens with one attached hydrogen (secondary N) is 1. The van der Waals surface area contributed by atoms with E-state index in [0.717, 1.165) is 23.5 Å². The molecule has 4 heteroatoms. The minimum atomic E-state index is -0.0665. The van der Waals surface area contributed by atoms with Gasteiger partial charge in [-0.15, -0.1) is 0 Å². The third-order valence-corrected chi connectivity index (χ3v) is 4.39. The van der Waals surface area contributed by atoms with E-state index < -0.39 is 0 Å². The lowest BCUT2D eigenvalue weighted by Gasteiger charge is -2.24. The Kier molecular flexibility index (Phi) is 8.18. The Bertz CT molecular complexity index is 713. The molecule has 0 heterocycles. The lowest BCUT2D eigenvalue weighted by Crippen LogP contribution is -2.32. The van der Waals surface area contributed by atoms with Crippen LogP contribution in [0.5, 0.6) is 11.5 Å². The first-order valence-corrected chi connectivity index (χ1v) is 9.78. The number of amides is 1. The molecule has 0 radical (unpaired) electrons. The highest BCUT2D eigenvalue weighted by molar-refractivity contribution is 5.76. The molecular formula is C23H31NO3. The Labute approximate surface area is 162 Å². The molecule has 1 amide bonds. The number of benzene rings is 2. The minimum absolute atomic E-state index is 0.0596. The number of rotatable bonds is 10. The molecule has 1 N–H and O–H groups in total. The van der Waals surface area contributed by atoms with Crippen molar-refractivity contribution in [3.63, 3.8) is 0 Å². The molecule has 0 aliphatic rings. The highest BCUT2D eigenvalue weighted by Gasteiger charge is 2.20. The maximum atomic E-state index is 12.5. The first-order valence-electron chi connectivity index (χ1n) is 9.78. The van der Waals surface area contributed by atoms with Gasteiger partial charge in [0.05, 0.1) is 19.3 Å². The van der Waals surface area contributed by atoms with Gasteiger partial charge in [-0.05, 0) is 49.4 Å². The fraction of sp³-hybridized carbons (Fsp3) is 0.435. The Hall–Kier alpha value is -2.49. The van der Waals surface area contributed by atoms with Crippen LogP contribution in [0.25, 0.3) is 0 Å². The third kappa shape index (κ3) is 6.31. The molecule has 0 bridgehead atoms. The van der Waals surface area contributed by atoms with Gasteiger partial charge in [-0.1, -0.05) is 50.2 Å². The lowest BCUT2D eigenvalue weighted by atomic mass is 9.95. The summed E-state index contributed by atoms with van der Waals surface area (Å²) in [6.45, 7) is 9.28. The number of hydrogen-bond acceptors (Lipinski definition) is 3. The molecule has 0 aliphatic carbocycles. The zero-order valence-electron chi connectivity index (χ0n) is 16.8. The normalized spacial score (nSPS) is 11.9. The third-order valence-electron chi connectivity index (χ3n) is 4.39. The van der Waals surface area contributed by atoms with Gasteiger partial charge in [0.2, 0.25) is 5.91 Å². The number of carbonyl (C=O) groups is 1. The summed E-state index contributed by atoms with van der Waals surface area (Å²) in [5, 5.41) is 3.19. The molecule has 4 nitrogen and oxygen atoms in total. The predicted octanol–water partition coefficient (Wildman–Crippen LogP) is 4.93. The van der Waals surface area contributed by atoms with E-state index in [0.29, 0.717) is 19.6 Å². The Morgan fingerprint density at radius 2 is 1.63 bits per heavy atom. The zero-order chi connectivity index (χ0) is 19.6. The van der Waals surface area contributed by atoms with Gasteiger partial charge in [-0.2, -0.15) is 0 Å². The van der Waals surface area contributed by atoms with Crippen molar-refractivity contribution in [1.82, 2.24) is 5.32 Å². The number of hydrogen-bond donors (Lipinski definition) is 1. The quantitative estimate of drug-likeness (QED) is 0.646. The maximum Gasteiger partial charge on any atom is 0.220 e. The summed E-state index contributed by atoms with van der Waals surface area (Å²) in [4.78, 5) is 12.5. The van der Waals surface area contributed by atoms with E-state index in [9.17, 15) is 4.79 Å². The predicted molar refractivity (Wildman–Crippen MR) is 109 cm³/mol. The average Bonchev–Trinajstić information content (AvgIpc) is 2.67. The monoisotopic (exact) mass is 369 g/mol. The number of carbonyl (C=O) groups excluding carboxylic acids is 1. The summed E-state index contributed by atoms with van der Waals surface area (Å²) in [7, 11) is 0. The highest BCUT2D eigenvalue weighted by atomic mass is 16.5. The second-order valence-corrected chi connectivity index (χ2v) is 6.85. The van der Waals surface area contributed by atoms with Crippen molar-refractivity contribution in [1.29, 1.82) is 0 Å². The van der Waals surface area contributed by atoms with Crippen LogP contribution in [-0.4, -0.2) is 19.1 Å². The van der Waals surface area contributed by atoms with Crippen LogP contribution >= 0.6 is 0 Å². The van der Waals surface area contributed by atoms with E-state index in [2.05, 4.69) is 19.2 Å². The molecule has 27 heavy (non-hydrogen) atoms. The van der Waals surface area contributed by atoms with Crippen LogP contribution in [0.1, 0.15) is 51.3 Å². The van der Waals surface area contributed by atoms with E-state index in [1.807, 2.05) is 62.4 Å². The molecule has 0 fully saturated rings. The smallest absolute Gasteiger partial charge is 0.220 e. The van der Waals surface area contributed by atoms with Crippen LogP contribution in [0.2, 0.25) is 0 Å². The molecule has 1 atom stereocenters. The van der Waals surface area contributed by atoms with Crippen molar-refractivity contribution >= 4 is 5.91 Å². The van der Waals surface area contributed by atoms with Crippen molar-refractivity contribution in [3.05, 3.63) is 59.7 Å². The van der Waals surface area contributed by atoms with E-state index in [1.165, 1.54) is 5.56 Å². The maximum absolute atomic E-state index is 12.5. The largest absolute Gasteiger partial charge is 0.490 e. The molecule has 2 aromatic rings. The lowest BCUT2D eigenvalue weighted by molar-refractivity contribution is -0.122. The summed E-state index contributed by atoms with van der Waals surface area (Å²) < 4.78 is 11.4. The van der Waals surface area contributed by atoms with E-state index in [4.69, 9.17) is 9.47 Å². The van der Waals surface area contributed by atoms with Gasteiger partial charge in [0.1, 0.15) is 0 Å². The highest BCUT2D eigenvalue weighted by Crippen LogP contribution is 2.33. The number of ether oxygens (including phenoxy) is 2. The summed E-state index contributed by atoms with van der Waals surface area (Å²) >= 11 is 0. The zero-order valence-corrected chi connectivity index (χ0v) is 16.8. The van der Waals surface area contributed by atoms with Crippen molar-refractivity contribution in [2.24, 2.45) is 5.92 Å². The van der Waals surface area contributed by atoms with Gasteiger partial charge >= 0.3 is 0 Å². The van der Waals surface area contributed by atoms with Gasteiger partial charge in [-0.25, -0.2) is 0 Å². The van der Waals surface area contributed by atoms with Crippen LogP contribution in [0.3, 0.4) is 0 Å². The molecule has 0 saturated carbocycles. The standard InChI is InChI=1S/C23H31NO3/c1-5-26-20-14-13-19(16-21(20)27-6-2)23(17(3)4)24-22(25)15-12-18-10-8-7-9-11-18/h7-11,13-14,16-17,23H,5-6,12,15H2,1-4H3,(H,24,25). The van der Waals surface area contributed by atoms with Crippen molar-refractivity contribution in [2.45, 2.75) is 46.6 Å². The second kappa shape index (κ2) is 10.6. The van der Waals surface area contributed by atoms with Crippen molar-refractivity contribution in [3.8, 4) is 11.5 Å². The van der Waals surface area contributed by atoms with Gasteiger partial charge in [-0.3, -0.25) is 4.79 Å². The molecule has 2 rings (SSSR count). The van der Waals surface area contributed by atoms with Gasteiger partial charge in [0.25, 0.3) is 0 Å². The first-order chi connectivity index (χ1) is 13.0. The molecule has 1 unspecified atom stereocenters. The van der Waals surface area contributed by atoms with Crippen molar-refractivity contribution in [2.75, 3.05) is 13.2 Å². The fourth-order valence-electron chi connectivity index (χ4n) is 3.04. The van der Waals surface area contributed by atoms with Gasteiger partial charge in [0.15, 0.2) is 11.5 Å². The molecule has 146 valence electrons. The van der Waals surface area contributed by atoms with Crippen LogP contribution in [-0.2, 0) is 11.2 Å². The molecule has 0 saturated heterocycles. The minimum Gasteiger partial charge on any atom is -0.490 e. The average molecular weight is 370 g/mol. The van der Waals surface area contributed by atoms with E-state index in [-0.39, 0.29) is 17.9 Å². The summed E-state index contributed by atoms with van der Waals surface area (Å²) in [6, 6.07) is 15.9. The van der Waals surface area contributed by atoms with E-state index >= 15 is 0 Å². The Morgan fingerprint density at radius 3 is 2.26 bits per heavy atom. The second-order valence-electron chi connectivity index (χ2n) is 6.85. The molecule has 0 aromatic heterocycles. The van der Waals surface area contributed by atoms with E-state index in [1.54, 1.807) is 0 Å². The molecule has 0 aliphatic heterocycles. The van der Waals surface area contributed by atoms with Crippen LogP contribution < -0.4 is 14.8 Å². The first kappa shape index (κ1) is 20.8. The summed E-state index contributed by atoms with van der Waals surface area (Å²) in [5.41, 5.74) is 2.21. The van der Waals surface area contributed by atoms with Crippen LogP contribution in [0.15, 0.2) is 48.5 Å². The molecular weight excluding hydrogens is 338 g/mol. The van der Waals surface area contributed by atoms with Crippen molar-refractivity contribution < 1.29 is 14.3 Å². The SMILES string of the molecule is CCOc1ccc(C(NC(=O)CCc2ccccc2)C(C)C)cc1OCC. The topological polar surface area (TPSA) is 47.6 Å².